The van der Waals surface area contributed by atoms with E-state index in [4.69, 9.17) is 16.3 Å². The van der Waals surface area contributed by atoms with Crippen molar-refractivity contribution in [2.45, 2.75) is 26.7 Å². The Balaban J connectivity index is 0.00000364. The minimum atomic E-state index is 0. The van der Waals surface area contributed by atoms with Gasteiger partial charge in [0.2, 0.25) is 0 Å². The Morgan fingerprint density at radius 2 is 1.93 bits per heavy atom. The summed E-state index contributed by atoms with van der Waals surface area (Å²) in [4.78, 5) is 8.75. The van der Waals surface area contributed by atoms with Crippen molar-refractivity contribution < 1.29 is 4.74 Å². The lowest BCUT2D eigenvalue weighted by atomic mass is 10.1. The monoisotopic (exact) mass is 502 g/mol. The number of rotatable bonds is 8. The Morgan fingerprint density at radius 3 is 2.59 bits per heavy atom. The lowest BCUT2D eigenvalue weighted by Gasteiger charge is -2.11. The first-order valence-corrected chi connectivity index (χ1v) is 9.26. The molecule has 0 saturated carbocycles. The van der Waals surface area contributed by atoms with E-state index >= 15 is 0 Å². The first-order chi connectivity index (χ1) is 12.6. The Hall–Kier alpha value is -1.54. The van der Waals surface area contributed by atoms with Gasteiger partial charge in [-0.15, -0.1) is 24.0 Å². The highest BCUT2D eigenvalue weighted by Crippen LogP contribution is 2.19. The summed E-state index contributed by atoms with van der Waals surface area (Å²) < 4.78 is 5.38. The fourth-order valence-electron chi connectivity index (χ4n) is 2.54. The number of pyridine rings is 1. The molecule has 0 spiro atoms. The van der Waals surface area contributed by atoms with Gasteiger partial charge in [0.25, 0.3) is 0 Å². The van der Waals surface area contributed by atoms with Gasteiger partial charge in [-0.25, -0.2) is 4.98 Å². The van der Waals surface area contributed by atoms with E-state index in [1.807, 2.05) is 19.1 Å². The van der Waals surface area contributed by atoms with Crippen LogP contribution in [0.1, 0.15) is 23.6 Å². The average molecular weight is 503 g/mol. The molecule has 0 amide bonds. The zero-order valence-corrected chi connectivity index (χ0v) is 19.2. The van der Waals surface area contributed by atoms with Crippen LogP contribution in [0.15, 0.2) is 41.5 Å². The SMILES string of the molecule is CCNC(=NCCc1ccc(C)c(OC)c1)NCCc1ccc(Cl)nc1.I. The van der Waals surface area contributed by atoms with Gasteiger partial charge in [0.1, 0.15) is 10.9 Å². The van der Waals surface area contributed by atoms with E-state index < -0.39 is 0 Å². The number of benzene rings is 1. The molecule has 7 heteroatoms. The fraction of sp³-hybridized carbons (Fsp3) is 0.400. The molecule has 0 fully saturated rings. The number of aryl methyl sites for hydroxylation is 1. The van der Waals surface area contributed by atoms with Gasteiger partial charge in [0.05, 0.1) is 7.11 Å². The predicted octanol–water partition coefficient (Wildman–Crippen LogP) is 4.01. The number of methoxy groups -OCH3 is 1. The van der Waals surface area contributed by atoms with Gasteiger partial charge in [-0.05, 0) is 55.5 Å². The van der Waals surface area contributed by atoms with Crippen LogP contribution in [0.5, 0.6) is 5.75 Å². The van der Waals surface area contributed by atoms with Crippen molar-refractivity contribution in [2.75, 3.05) is 26.7 Å². The highest BCUT2D eigenvalue weighted by Gasteiger charge is 2.02. The molecule has 2 aromatic rings. The molecule has 0 bridgehead atoms. The smallest absolute Gasteiger partial charge is 0.191 e. The molecule has 0 aliphatic carbocycles. The van der Waals surface area contributed by atoms with Crippen LogP contribution in [0.3, 0.4) is 0 Å². The number of hydrogen-bond donors (Lipinski definition) is 2. The Kier molecular flexibility index (Phi) is 11.1. The summed E-state index contributed by atoms with van der Waals surface area (Å²) >= 11 is 5.81. The first-order valence-electron chi connectivity index (χ1n) is 8.88. The van der Waals surface area contributed by atoms with Crippen molar-refractivity contribution in [1.29, 1.82) is 0 Å². The van der Waals surface area contributed by atoms with Crippen LogP contribution in [-0.2, 0) is 12.8 Å². The lowest BCUT2D eigenvalue weighted by Crippen LogP contribution is -2.38. The van der Waals surface area contributed by atoms with Gasteiger partial charge >= 0.3 is 0 Å². The number of halogens is 2. The Morgan fingerprint density at radius 1 is 1.15 bits per heavy atom. The highest BCUT2D eigenvalue weighted by atomic mass is 127. The van der Waals surface area contributed by atoms with Crippen molar-refractivity contribution in [1.82, 2.24) is 15.6 Å². The molecule has 2 N–H and O–H groups in total. The van der Waals surface area contributed by atoms with Gasteiger partial charge in [-0.1, -0.05) is 29.8 Å². The molecule has 0 radical (unpaired) electrons. The summed E-state index contributed by atoms with van der Waals surface area (Å²) in [7, 11) is 1.70. The van der Waals surface area contributed by atoms with Gasteiger partial charge in [-0.2, -0.15) is 0 Å². The number of ether oxygens (including phenoxy) is 1. The number of nitrogens with zero attached hydrogens (tertiary/aromatic N) is 2. The molecular weight excluding hydrogens is 475 g/mol. The number of guanidine groups is 1. The number of aromatic nitrogens is 1. The lowest BCUT2D eigenvalue weighted by molar-refractivity contribution is 0.411. The highest BCUT2D eigenvalue weighted by molar-refractivity contribution is 14.0. The van der Waals surface area contributed by atoms with Crippen molar-refractivity contribution in [3.63, 3.8) is 0 Å². The maximum absolute atomic E-state index is 5.81. The molecule has 0 unspecified atom stereocenters. The minimum Gasteiger partial charge on any atom is -0.496 e. The van der Waals surface area contributed by atoms with E-state index in [-0.39, 0.29) is 24.0 Å². The zero-order chi connectivity index (χ0) is 18.8. The van der Waals surface area contributed by atoms with E-state index in [9.17, 15) is 0 Å². The summed E-state index contributed by atoms with van der Waals surface area (Å²) in [6.45, 7) is 6.43. The first kappa shape index (κ1) is 23.5. The van der Waals surface area contributed by atoms with Crippen LogP contribution in [0.25, 0.3) is 0 Å². The van der Waals surface area contributed by atoms with Gasteiger partial charge in [0, 0.05) is 25.8 Å². The number of nitrogens with one attached hydrogen (secondary N) is 2. The summed E-state index contributed by atoms with van der Waals surface area (Å²) in [5.74, 6) is 1.75. The summed E-state index contributed by atoms with van der Waals surface area (Å²) in [5, 5.41) is 7.15. The third-order valence-corrected chi connectivity index (χ3v) is 4.21. The van der Waals surface area contributed by atoms with Crippen molar-refractivity contribution in [3.8, 4) is 5.75 Å². The maximum Gasteiger partial charge on any atom is 0.191 e. The van der Waals surface area contributed by atoms with Crippen molar-refractivity contribution >= 4 is 41.5 Å². The van der Waals surface area contributed by atoms with Gasteiger partial charge in [0.15, 0.2) is 5.96 Å². The average Bonchev–Trinajstić information content (AvgIpc) is 2.64. The second-order valence-electron chi connectivity index (χ2n) is 5.98. The van der Waals surface area contributed by atoms with Gasteiger partial charge in [-0.3, -0.25) is 4.99 Å². The summed E-state index contributed by atoms with van der Waals surface area (Å²) in [5.41, 5.74) is 3.51. The predicted molar refractivity (Wildman–Crippen MR) is 124 cm³/mol. The third-order valence-electron chi connectivity index (χ3n) is 3.98. The van der Waals surface area contributed by atoms with Crippen LogP contribution >= 0.6 is 35.6 Å². The molecule has 1 aromatic heterocycles. The van der Waals surface area contributed by atoms with Crippen LogP contribution in [0, 0.1) is 6.92 Å². The van der Waals surface area contributed by atoms with Gasteiger partial charge < -0.3 is 15.4 Å². The quantitative estimate of drug-likeness (QED) is 0.248. The fourth-order valence-corrected chi connectivity index (χ4v) is 2.65. The topological polar surface area (TPSA) is 58.5 Å². The van der Waals surface area contributed by atoms with Crippen LogP contribution in [-0.4, -0.2) is 37.7 Å². The van der Waals surface area contributed by atoms with Crippen LogP contribution in [0.4, 0.5) is 0 Å². The molecule has 0 aliphatic rings. The molecular formula is C20H28ClIN4O. The standard InChI is InChI=1S/C20H27ClN4O.HI/c1-4-22-20(24-12-10-17-7-8-19(21)25-14-17)23-11-9-16-6-5-15(2)18(13-16)26-3;/h5-8,13-14H,4,9-12H2,1-3H3,(H2,22,23,24);1H. The maximum atomic E-state index is 5.81. The number of hydrogen-bond acceptors (Lipinski definition) is 3. The van der Waals surface area contributed by atoms with Crippen molar-refractivity contribution in [3.05, 3.63) is 58.4 Å². The molecule has 1 heterocycles. The summed E-state index contributed by atoms with van der Waals surface area (Å²) in [6.07, 6.45) is 3.54. The zero-order valence-electron chi connectivity index (χ0n) is 16.1. The summed E-state index contributed by atoms with van der Waals surface area (Å²) in [6, 6.07) is 10.1. The molecule has 0 atom stereocenters. The number of aliphatic imine (C=N–C) groups is 1. The van der Waals surface area contributed by atoms with E-state index in [0.29, 0.717) is 11.7 Å². The third kappa shape index (κ3) is 8.34. The molecule has 148 valence electrons. The van der Waals surface area contributed by atoms with E-state index in [1.165, 1.54) is 5.56 Å². The van der Waals surface area contributed by atoms with E-state index in [0.717, 1.165) is 48.8 Å². The molecule has 5 nitrogen and oxygen atoms in total. The van der Waals surface area contributed by atoms with Crippen LogP contribution in [0.2, 0.25) is 5.15 Å². The molecule has 0 saturated heterocycles. The van der Waals surface area contributed by atoms with E-state index in [1.54, 1.807) is 13.3 Å². The second-order valence-corrected chi connectivity index (χ2v) is 6.37. The van der Waals surface area contributed by atoms with E-state index in [2.05, 4.69) is 45.7 Å². The largest absolute Gasteiger partial charge is 0.496 e. The minimum absolute atomic E-state index is 0. The second kappa shape index (κ2) is 12.8. The molecule has 2 rings (SSSR count). The normalized spacial score (nSPS) is 10.9. The molecule has 1 aromatic carbocycles. The molecule has 0 aliphatic heterocycles. The van der Waals surface area contributed by atoms with Crippen LogP contribution < -0.4 is 15.4 Å². The molecule has 27 heavy (non-hydrogen) atoms. The Bertz CT molecular complexity index is 722. The van der Waals surface area contributed by atoms with Crippen molar-refractivity contribution in [2.24, 2.45) is 4.99 Å². The Labute approximate surface area is 184 Å².